The summed E-state index contributed by atoms with van der Waals surface area (Å²) in [5, 5.41) is 0. The van der Waals surface area contributed by atoms with Gasteiger partial charge in [-0.05, 0) is 34.5 Å². The fourth-order valence-corrected chi connectivity index (χ4v) is 2.45. The van der Waals surface area contributed by atoms with Crippen LogP contribution >= 0.6 is 15.9 Å². The molecule has 2 rings (SSSR count). The molecule has 0 aromatic heterocycles. The second-order valence-corrected chi connectivity index (χ2v) is 4.15. The molecule has 0 radical (unpaired) electrons. The highest BCUT2D eigenvalue weighted by molar-refractivity contribution is 9.10. The maximum Gasteiger partial charge on any atom is 0.185 e. The summed E-state index contributed by atoms with van der Waals surface area (Å²) in [4.78, 5) is 0. The third kappa shape index (κ3) is 2.07. The largest absolute Gasteiger partial charge is 0.346 e. The van der Waals surface area contributed by atoms with E-state index in [1.807, 2.05) is 6.92 Å². The van der Waals surface area contributed by atoms with Gasteiger partial charge in [-0.15, -0.1) is 0 Å². The van der Waals surface area contributed by atoms with E-state index in [4.69, 9.17) is 9.47 Å². The summed E-state index contributed by atoms with van der Waals surface area (Å²) in [5.41, 5.74) is 1.54. The van der Waals surface area contributed by atoms with Gasteiger partial charge in [0.15, 0.2) is 6.29 Å². The van der Waals surface area contributed by atoms with Crippen LogP contribution in [-0.4, -0.2) is 13.2 Å². The van der Waals surface area contributed by atoms with Crippen LogP contribution < -0.4 is 0 Å². The summed E-state index contributed by atoms with van der Waals surface area (Å²) in [6.07, 6.45) is 0.290. The van der Waals surface area contributed by atoms with Gasteiger partial charge in [0.05, 0.1) is 13.2 Å². The highest BCUT2D eigenvalue weighted by Crippen LogP contribution is 2.33. The first-order chi connectivity index (χ1) is 7.24. The molecule has 15 heavy (non-hydrogen) atoms. The second kappa shape index (κ2) is 4.60. The molecule has 0 spiro atoms. The van der Waals surface area contributed by atoms with Crippen molar-refractivity contribution in [2.45, 2.75) is 19.6 Å². The normalized spacial score (nSPS) is 17.3. The third-order valence-electron chi connectivity index (χ3n) is 2.45. The van der Waals surface area contributed by atoms with Crippen LogP contribution in [0.25, 0.3) is 0 Å². The average molecular weight is 275 g/mol. The molecule has 1 saturated heterocycles. The lowest BCUT2D eigenvalue weighted by Crippen LogP contribution is -2.02. The Labute approximate surface area is 96.5 Å². The Bertz CT molecular complexity index is 362. The number of halogens is 2. The Balaban J connectivity index is 2.39. The van der Waals surface area contributed by atoms with E-state index >= 15 is 0 Å². The van der Waals surface area contributed by atoms with Crippen LogP contribution in [0.1, 0.15) is 24.3 Å². The lowest BCUT2D eigenvalue weighted by atomic mass is 10.1. The minimum Gasteiger partial charge on any atom is -0.346 e. The minimum absolute atomic E-state index is 0.189. The summed E-state index contributed by atoms with van der Waals surface area (Å²) in [6.45, 7) is 3.11. The SMILES string of the molecule is CCc1c(F)ccc(C2OCCO2)c1Br. The first-order valence-electron chi connectivity index (χ1n) is 4.94. The zero-order valence-corrected chi connectivity index (χ0v) is 10.0. The molecular formula is C11H12BrFO2. The van der Waals surface area contributed by atoms with Crippen molar-refractivity contribution in [1.29, 1.82) is 0 Å². The summed E-state index contributed by atoms with van der Waals surface area (Å²) < 4.78 is 24.9. The highest BCUT2D eigenvalue weighted by atomic mass is 79.9. The Kier molecular flexibility index (Phi) is 3.38. The molecule has 0 aliphatic carbocycles. The molecule has 1 fully saturated rings. The van der Waals surface area contributed by atoms with Crippen molar-refractivity contribution in [3.05, 3.63) is 33.5 Å². The van der Waals surface area contributed by atoms with Crippen molar-refractivity contribution >= 4 is 15.9 Å². The molecule has 1 aliphatic rings. The second-order valence-electron chi connectivity index (χ2n) is 3.36. The molecule has 0 unspecified atom stereocenters. The van der Waals surface area contributed by atoms with E-state index in [9.17, 15) is 4.39 Å². The van der Waals surface area contributed by atoms with Crippen LogP contribution in [0, 0.1) is 5.82 Å². The summed E-state index contributed by atoms with van der Waals surface area (Å²) in [6, 6.07) is 3.17. The van der Waals surface area contributed by atoms with Gasteiger partial charge >= 0.3 is 0 Å². The predicted octanol–water partition coefficient (Wildman–Crippen LogP) is 3.20. The van der Waals surface area contributed by atoms with Crippen molar-refractivity contribution in [2.24, 2.45) is 0 Å². The zero-order valence-electron chi connectivity index (χ0n) is 8.43. The van der Waals surface area contributed by atoms with Gasteiger partial charge in [0.25, 0.3) is 0 Å². The molecule has 0 bridgehead atoms. The smallest absolute Gasteiger partial charge is 0.185 e. The molecule has 0 atom stereocenters. The first kappa shape index (κ1) is 11.0. The van der Waals surface area contributed by atoms with E-state index in [1.165, 1.54) is 6.07 Å². The van der Waals surface area contributed by atoms with Crippen LogP contribution in [-0.2, 0) is 15.9 Å². The maximum atomic E-state index is 13.4. The van der Waals surface area contributed by atoms with Crippen molar-refractivity contribution in [1.82, 2.24) is 0 Å². The fourth-order valence-electron chi connectivity index (χ4n) is 1.66. The molecule has 1 aliphatic heterocycles. The van der Waals surface area contributed by atoms with Gasteiger partial charge in [-0.25, -0.2) is 4.39 Å². The fraction of sp³-hybridized carbons (Fsp3) is 0.455. The number of benzene rings is 1. The van der Waals surface area contributed by atoms with E-state index in [0.29, 0.717) is 25.2 Å². The Morgan fingerprint density at radius 1 is 1.40 bits per heavy atom. The summed E-state index contributed by atoms with van der Waals surface area (Å²) in [7, 11) is 0. The third-order valence-corrected chi connectivity index (χ3v) is 3.38. The van der Waals surface area contributed by atoms with Gasteiger partial charge in [-0.1, -0.05) is 6.92 Å². The molecule has 0 saturated carbocycles. The van der Waals surface area contributed by atoms with Gasteiger partial charge in [-0.2, -0.15) is 0 Å². The molecule has 4 heteroatoms. The molecule has 1 aromatic carbocycles. The van der Waals surface area contributed by atoms with E-state index in [-0.39, 0.29) is 12.1 Å². The first-order valence-corrected chi connectivity index (χ1v) is 5.73. The highest BCUT2D eigenvalue weighted by Gasteiger charge is 2.22. The van der Waals surface area contributed by atoms with E-state index in [2.05, 4.69) is 15.9 Å². The zero-order chi connectivity index (χ0) is 10.8. The Morgan fingerprint density at radius 2 is 2.07 bits per heavy atom. The lowest BCUT2D eigenvalue weighted by molar-refractivity contribution is -0.0447. The topological polar surface area (TPSA) is 18.5 Å². The average Bonchev–Trinajstić information content (AvgIpc) is 2.71. The Hall–Kier alpha value is -0.450. The monoisotopic (exact) mass is 274 g/mol. The van der Waals surface area contributed by atoms with Gasteiger partial charge in [0.1, 0.15) is 5.82 Å². The molecule has 1 aromatic rings. The molecule has 1 heterocycles. The maximum absolute atomic E-state index is 13.4. The molecular weight excluding hydrogens is 263 g/mol. The molecule has 0 N–H and O–H groups in total. The Morgan fingerprint density at radius 3 is 2.67 bits per heavy atom. The van der Waals surface area contributed by atoms with Crippen LogP contribution in [0.15, 0.2) is 16.6 Å². The van der Waals surface area contributed by atoms with Crippen molar-refractivity contribution in [3.8, 4) is 0 Å². The van der Waals surface area contributed by atoms with E-state index in [1.54, 1.807) is 6.07 Å². The quantitative estimate of drug-likeness (QED) is 0.825. The standard InChI is InChI=1S/C11H12BrFO2/c1-2-7-9(13)4-3-8(10(7)12)11-14-5-6-15-11/h3-4,11H,2,5-6H2,1H3. The molecule has 2 nitrogen and oxygen atoms in total. The summed E-state index contributed by atoms with van der Waals surface area (Å²) in [5.74, 6) is -0.189. The van der Waals surface area contributed by atoms with E-state index in [0.717, 1.165) is 10.0 Å². The van der Waals surface area contributed by atoms with Crippen LogP contribution in [0.4, 0.5) is 4.39 Å². The molecule has 82 valence electrons. The van der Waals surface area contributed by atoms with Crippen LogP contribution in [0.5, 0.6) is 0 Å². The van der Waals surface area contributed by atoms with Crippen molar-refractivity contribution in [2.75, 3.05) is 13.2 Å². The van der Waals surface area contributed by atoms with Gasteiger partial charge < -0.3 is 9.47 Å². The van der Waals surface area contributed by atoms with E-state index < -0.39 is 0 Å². The predicted molar refractivity (Wildman–Crippen MR) is 58.1 cm³/mol. The van der Waals surface area contributed by atoms with Crippen molar-refractivity contribution < 1.29 is 13.9 Å². The minimum atomic E-state index is -0.356. The van der Waals surface area contributed by atoms with Gasteiger partial charge in [-0.3, -0.25) is 0 Å². The molecule has 0 amide bonds. The lowest BCUT2D eigenvalue weighted by Gasteiger charge is -2.14. The van der Waals surface area contributed by atoms with Crippen molar-refractivity contribution in [3.63, 3.8) is 0 Å². The van der Waals surface area contributed by atoms with Crippen LogP contribution in [0.3, 0.4) is 0 Å². The number of rotatable bonds is 2. The number of hydrogen-bond donors (Lipinski definition) is 0. The number of ether oxygens (including phenoxy) is 2. The number of hydrogen-bond acceptors (Lipinski definition) is 2. The van der Waals surface area contributed by atoms with Crippen LogP contribution in [0.2, 0.25) is 0 Å². The summed E-state index contributed by atoms with van der Waals surface area (Å²) >= 11 is 3.40. The van der Waals surface area contributed by atoms with Gasteiger partial charge in [0, 0.05) is 15.6 Å². The van der Waals surface area contributed by atoms with Gasteiger partial charge in [0.2, 0.25) is 0 Å².